The highest BCUT2D eigenvalue weighted by Crippen LogP contribution is 2.22. The molecule has 134 valence electrons. The second-order valence-electron chi connectivity index (χ2n) is 5.87. The first-order valence-electron chi connectivity index (χ1n) is 8.13. The van der Waals surface area contributed by atoms with E-state index in [2.05, 4.69) is 62.7 Å². The summed E-state index contributed by atoms with van der Waals surface area (Å²) in [5.41, 5.74) is 3.17. The minimum absolute atomic E-state index is 0.169. The third-order valence-electron chi connectivity index (χ3n) is 3.77. The van der Waals surface area contributed by atoms with Crippen molar-refractivity contribution in [3.63, 3.8) is 0 Å². The van der Waals surface area contributed by atoms with Gasteiger partial charge in [-0.2, -0.15) is 8.42 Å². The Labute approximate surface area is 162 Å². The van der Waals surface area contributed by atoms with E-state index in [0.29, 0.717) is 12.8 Å². The van der Waals surface area contributed by atoms with Crippen molar-refractivity contribution < 1.29 is 12.6 Å². The predicted molar refractivity (Wildman–Crippen MR) is 108 cm³/mol. The van der Waals surface area contributed by atoms with E-state index in [-0.39, 0.29) is 6.61 Å². The SMILES string of the molecule is CS(=O)(=O)OCCCC#Cc1ccc2c(ccn2-c2ccc(Br)cc2)c1. The topological polar surface area (TPSA) is 48.3 Å². The number of hydrogen-bond donors (Lipinski definition) is 0. The van der Waals surface area contributed by atoms with Crippen LogP contribution in [0.5, 0.6) is 0 Å². The Hall–Kier alpha value is -2.07. The normalized spacial score (nSPS) is 11.3. The largest absolute Gasteiger partial charge is 0.317 e. The van der Waals surface area contributed by atoms with Crippen molar-refractivity contribution in [2.24, 2.45) is 0 Å². The molecule has 3 aromatic rings. The first-order chi connectivity index (χ1) is 12.4. The highest BCUT2D eigenvalue weighted by Gasteiger charge is 2.04. The number of fused-ring (bicyclic) bond motifs is 1. The van der Waals surface area contributed by atoms with Gasteiger partial charge in [0.15, 0.2) is 0 Å². The summed E-state index contributed by atoms with van der Waals surface area (Å²) in [5.74, 6) is 6.18. The molecule has 0 aliphatic heterocycles. The number of benzene rings is 2. The third kappa shape index (κ3) is 4.98. The zero-order valence-electron chi connectivity index (χ0n) is 14.3. The number of halogens is 1. The fourth-order valence-electron chi connectivity index (χ4n) is 2.58. The van der Waals surface area contributed by atoms with Gasteiger partial charge in [-0.15, -0.1) is 0 Å². The van der Waals surface area contributed by atoms with Gasteiger partial charge in [0.1, 0.15) is 0 Å². The van der Waals surface area contributed by atoms with Crippen molar-refractivity contribution >= 4 is 37.0 Å². The lowest BCUT2D eigenvalue weighted by atomic mass is 10.1. The maximum absolute atomic E-state index is 10.9. The first-order valence-corrected chi connectivity index (χ1v) is 10.7. The smallest absolute Gasteiger partial charge is 0.264 e. The predicted octanol–water partition coefficient (Wildman–Crippen LogP) is 4.50. The van der Waals surface area contributed by atoms with E-state index in [9.17, 15) is 8.42 Å². The second kappa shape index (κ2) is 8.09. The highest BCUT2D eigenvalue weighted by molar-refractivity contribution is 9.10. The van der Waals surface area contributed by atoms with Gasteiger partial charge in [-0.3, -0.25) is 4.18 Å². The molecule has 6 heteroatoms. The Morgan fingerprint density at radius 2 is 1.88 bits per heavy atom. The molecule has 1 aromatic heterocycles. The van der Waals surface area contributed by atoms with Crippen molar-refractivity contribution in [3.8, 4) is 17.5 Å². The molecule has 26 heavy (non-hydrogen) atoms. The molecule has 0 N–H and O–H groups in total. The van der Waals surface area contributed by atoms with Gasteiger partial charge in [0.25, 0.3) is 10.1 Å². The lowest BCUT2D eigenvalue weighted by molar-refractivity contribution is 0.317. The van der Waals surface area contributed by atoms with Gasteiger partial charge in [0, 0.05) is 33.7 Å². The van der Waals surface area contributed by atoms with Gasteiger partial charge < -0.3 is 4.57 Å². The molecule has 0 amide bonds. The Balaban J connectivity index is 1.69. The second-order valence-corrected chi connectivity index (χ2v) is 8.43. The van der Waals surface area contributed by atoms with Gasteiger partial charge in [0.2, 0.25) is 0 Å². The molecule has 0 aliphatic rings. The van der Waals surface area contributed by atoms with Crippen molar-refractivity contribution in [2.75, 3.05) is 12.9 Å². The first kappa shape index (κ1) is 18.7. The van der Waals surface area contributed by atoms with Crippen LogP contribution >= 0.6 is 15.9 Å². The molecule has 0 bridgehead atoms. The molecule has 0 aliphatic carbocycles. The Morgan fingerprint density at radius 1 is 1.12 bits per heavy atom. The summed E-state index contributed by atoms with van der Waals surface area (Å²) in [6.45, 7) is 0.169. The van der Waals surface area contributed by atoms with Crippen molar-refractivity contribution in [3.05, 3.63) is 64.8 Å². The maximum atomic E-state index is 10.9. The fraction of sp³-hybridized carbons (Fsp3) is 0.200. The van der Waals surface area contributed by atoms with Crippen molar-refractivity contribution in [1.29, 1.82) is 0 Å². The molecule has 0 spiro atoms. The van der Waals surface area contributed by atoms with E-state index >= 15 is 0 Å². The summed E-state index contributed by atoms with van der Waals surface area (Å²) in [4.78, 5) is 0. The van der Waals surface area contributed by atoms with E-state index in [1.807, 2.05) is 24.4 Å². The summed E-state index contributed by atoms with van der Waals surface area (Å²) in [7, 11) is -3.36. The van der Waals surface area contributed by atoms with Gasteiger partial charge in [0.05, 0.1) is 18.4 Å². The van der Waals surface area contributed by atoms with E-state index in [0.717, 1.165) is 32.9 Å². The molecule has 0 fully saturated rings. The van der Waals surface area contributed by atoms with Crippen LogP contribution in [0, 0.1) is 11.8 Å². The minimum Gasteiger partial charge on any atom is -0.317 e. The minimum atomic E-state index is -3.36. The Morgan fingerprint density at radius 3 is 2.62 bits per heavy atom. The van der Waals surface area contributed by atoms with Crippen molar-refractivity contribution in [1.82, 2.24) is 4.57 Å². The van der Waals surface area contributed by atoms with Crippen LogP contribution < -0.4 is 0 Å². The lowest BCUT2D eigenvalue weighted by Gasteiger charge is -2.05. The number of hydrogen-bond acceptors (Lipinski definition) is 3. The van der Waals surface area contributed by atoms with Crippen molar-refractivity contribution in [2.45, 2.75) is 12.8 Å². The average molecular weight is 432 g/mol. The van der Waals surface area contributed by atoms with Crippen LogP contribution in [0.25, 0.3) is 16.6 Å². The number of nitrogens with zero attached hydrogens (tertiary/aromatic N) is 1. The number of unbranched alkanes of at least 4 members (excludes halogenated alkanes) is 1. The van der Waals surface area contributed by atoms with E-state index in [1.54, 1.807) is 0 Å². The fourth-order valence-corrected chi connectivity index (χ4v) is 3.27. The molecule has 4 nitrogen and oxygen atoms in total. The molecular formula is C20H18BrNO3S. The quantitative estimate of drug-likeness (QED) is 0.339. The van der Waals surface area contributed by atoms with E-state index in [1.165, 1.54) is 0 Å². The standard InChI is InChI=1S/C20H18BrNO3S/c1-26(23,24)25-14-4-2-3-5-16-6-11-20-17(15-16)12-13-22(20)19-9-7-18(21)8-10-19/h6-13,15H,2,4,14H2,1H3. The molecule has 2 aromatic carbocycles. The zero-order valence-corrected chi connectivity index (χ0v) is 16.7. The van der Waals surface area contributed by atoms with E-state index in [4.69, 9.17) is 4.18 Å². The van der Waals surface area contributed by atoms with Crippen LogP contribution in [0.1, 0.15) is 18.4 Å². The van der Waals surface area contributed by atoms with Crippen LogP contribution in [0.15, 0.2) is 59.2 Å². The van der Waals surface area contributed by atoms with Crippen LogP contribution in [-0.4, -0.2) is 25.8 Å². The van der Waals surface area contributed by atoms with Crippen LogP contribution in [0.3, 0.4) is 0 Å². The molecule has 0 saturated carbocycles. The highest BCUT2D eigenvalue weighted by atomic mass is 79.9. The Kier molecular flexibility index (Phi) is 5.82. The number of aromatic nitrogens is 1. The summed E-state index contributed by atoms with van der Waals surface area (Å²) >= 11 is 3.46. The Bertz CT molecular complexity index is 1070. The van der Waals surface area contributed by atoms with Crippen LogP contribution in [0.4, 0.5) is 0 Å². The molecule has 0 unspecified atom stereocenters. The summed E-state index contributed by atoms with van der Waals surface area (Å²) in [5, 5.41) is 1.13. The molecular weight excluding hydrogens is 414 g/mol. The van der Waals surface area contributed by atoms with Gasteiger partial charge in [-0.05, 0) is 55.0 Å². The maximum Gasteiger partial charge on any atom is 0.264 e. The average Bonchev–Trinajstić information content (AvgIpc) is 3.01. The molecule has 3 rings (SSSR count). The molecule has 0 radical (unpaired) electrons. The third-order valence-corrected chi connectivity index (χ3v) is 4.89. The monoisotopic (exact) mass is 431 g/mol. The zero-order chi connectivity index (χ0) is 18.6. The summed E-state index contributed by atoms with van der Waals surface area (Å²) in [6, 6.07) is 16.4. The molecule has 0 saturated heterocycles. The van der Waals surface area contributed by atoms with Crippen LogP contribution in [-0.2, 0) is 14.3 Å². The van der Waals surface area contributed by atoms with E-state index < -0.39 is 10.1 Å². The molecule has 1 heterocycles. The molecule has 0 atom stereocenters. The lowest BCUT2D eigenvalue weighted by Crippen LogP contribution is -2.03. The van der Waals surface area contributed by atoms with Crippen LogP contribution in [0.2, 0.25) is 0 Å². The van der Waals surface area contributed by atoms with Gasteiger partial charge in [-0.25, -0.2) is 0 Å². The number of rotatable bonds is 5. The van der Waals surface area contributed by atoms with Gasteiger partial charge >= 0.3 is 0 Å². The summed E-state index contributed by atoms with van der Waals surface area (Å²) < 4.78 is 29.6. The van der Waals surface area contributed by atoms with Gasteiger partial charge in [-0.1, -0.05) is 27.8 Å². The summed E-state index contributed by atoms with van der Waals surface area (Å²) in [6.07, 6.45) is 4.28.